The second kappa shape index (κ2) is 9.77. The van der Waals surface area contributed by atoms with E-state index in [1.54, 1.807) is 50.3 Å². The van der Waals surface area contributed by atoms with Crippen LogP contribution in [0.4, 0.5) is 0 Å². The largest absolute Gasteiger partial charge is 0.504 e. The van der Waals surface area contributed by atoms with E-state index in [2.05, 4.69) is 20.9 Å². The molecule has 0 amide bonds. The normalized spacial score (nSPS) is 15.7. The molecule has 7 nitrogen and oxygen atoms in total. The lowest BCUT2D eigenvalue weighted by Gasteiger charge is -2.24. The number of carbonyl (C=O) groups is 1. The maximum absolute atomic E-state index is 13.6. The standard InChI is InChI=1S/C24H20BrClN2O5S/c1-4-33-23(31)20-12(2)27-24-28(21(20)13-5-7-15(26)8-6-13)22(30)19(34-24)10-14-9-18(32-3)17(29)11-16(14)25/h5-11,21,29H,4H2,1-3H3/b19-10+/t21-/m1/s1. The predicted molar refractivity (Wildman–Crippen MR) is 134 cm³/mol. The molecule has 34 heavy (non-hydrogen) atoms. The third kappa shape index (κ3) is 4.43. The highest BCUT2D eigenvalue weighted by Crippen LogP contribution is 2.33. The van der Waals surface area contributed by atoms with Crippen molar-refractivity contribution in [2.45, 2.75) is 19.9 Å². The minimum absolute atomic E-state index is 0.0228. The molecule has 0 spiro atoms. The average molecular weight is 564 g/mol. The molecule has 0 aliphatic carbocycles. The van der Waals surface area contributed by atoms with Gasteiger partial charge in [0.05, 0.1) is 35.6 Å². The molecule has 4 rings (SSSR count). The Morgan fingerprint density at radius 2 is 2.03 bits per heavy atom. The lowest BCUT2D eigenvalue weighted by Crippen LogP contribution is -2.39. The van der Waals surface area contributed by atoms with Crippen LogP contribution in [0.3, 0.4) is 0 Å². The van der Waals surface area contributed by atoms with Crippen LogP contribution in [0.5, 0.6) is 11.5 Å². The number of halogens is 2. The molecule has 0 bridgehead atoms. The molecule has 3 aromatic rings. The minimum atomic E-state index is -0.715. The average Bonchev–Trinajstić information content (AvgIpc) is 3.10. The Kier molecular flexibility index (Phi) is 6.97. The Bertz CT molecular complexity index is 1490. The summed E-state index contributed by atoms with van der Waals surface area (Å²) in [5.74, 6) is -0.267. The SMILES string of the molecule is CCOC(=O)C1=C(C)N=c2s/c(=C/c3cc(OC)c(O)cc3Br)c(=O)n2[C@@H]1c1ccc(Cl)cc1. The van der Waals surface area contributed by atoms with E-state index in [0.29, 0.717) is 41.2 Å². The van der Waals surface area contributed by atoms with Crippen LogP contribution < -0.4 is 19.6 Å². The number of nitrogens with zero attached hydrogens (tertiary/aromatic N) is 2. The van der Waals surface area contributed by atoms with Crippen molar-refractivity contribution in [1.82, 2.24) is 4.57 Å². The van der Waals surface area contributed by atoms with Crippen molar-refractivity contribution in [2.75, 3.05) is 13.7 Å². The number of rotatable bonds is 5. The Morgan fingerprint density at radius 1 is 1.32 bits per heavy atom. The fraction of sp³-hybridized carbons (Fsp3) is 0.208. The van der Waals surface area contributed by atoms with Crippen molar-refractivity contribution < 1.29 is 19.4 Å². The van der Waals surface area contributed by atoms with Gasteiger partial charge in [0.15, 0.2) is 16.3 Å². The highest BCUT2D eigenvalue weighted by Gasteiger charge is 2.33. The first-order valence-electron chi connectivity index (χ1n) is 10.3. The summed E-state index contributed by atoms with van der Waals surface area (Å²) in [5.41, 5.74) is 1.83. The molecule has 0 radical (unpaired) electrons. The second-order valence-electron chi connectivity index (χ2n) is 7.40. The number of esters is 1. The number of hydrogen-bond donors (Lipinski definition) is 1. The number of phenolic OH excluding ortho intramolecular Hbond substituents is 1. The van der Waals surface area contributed by atoms with Gasteiger partial charge in [-0.05, 0) is 55.3 Å². The Labute approximate surface area is 212 Å². The maximum atomic E-state index is 13.6. The zero-order chi connectivity index (χ0) is 24.6. The van der Waals surface area contributed by atoms with Gasteiger partial charge >= 0.3 is 5.97 Å². The van der Waals surface area contributed by atoms with Gasteiger partial charge in [-0.2, -0.15) is 0 Å². The van der Waals surface area contributed by atoms with E-state index in [1.165, 1.54) is 29.1 Å². The highest BCUT2D eigenvalue weighted by molar-refractivity contribution is 9.10. The molecule has 0 saturated heterocycles. The number of ether oxygens (including phenoxy) is 2. The van der Waals surface area contributed by atoms with E-state index in [4.69, 9.17) is 21.1 Å². The minimum Gasteiger partial charge on any atom is -0.504 e. The summed E-state index contributed by atoms with van der Waals surface area (Å²) < 4.78 is 13.0. The van der Waals surface area contributed by atoms with Crippen LogP contribution >= 0.6 is 38.9 Å². The molecule has 1 aliphatic heterocycles. The number of phenols is 1. The van der Waals surface area contributed by atoms with Gasteiger partial charge in [-0.1, -0.05) is 51.0 Å². The van der Waals surface area contributed by atoms with Gasteiger partial charge in [0.1, 0.15) is 0 Å². The van der Waals surface area contributed by atoms with Gasteiger partial charge in [-0.15, -0.1) is 0 Å². The molecule has 1 aliphatic rings. The molecule has 1 atom stereocenters. The molecule has 176 valence electrons. The third-order valence-corrected chi connectivity index (χ3v) is 7.21. The number of methoxy groups -OCH3 is 1. The number of benzene rings is 2. The van der Waals surface area contributed by atoms with Crippen LogP contribution in [0.25, 0.3) is 6.08 Å². The van der Waals surface area contributed by atoms with Crippen LogP contribution in [0.1, 0.15) is 31.0 Å². The zero-order valence-corrected chi connectivity index (χ0v) is 21.6. The topological polar surface area (TPSA) is 90.1 Å². The number of hydrogen-bond acceptors (Lipinski definition) is 7. The molecule has 0 unspecified atom stereocenters. The van der Waals surface area contributed by atoms with Crippen LogP contribution in [0.2, 0.25) is 5.02 Å². The maximum Gasteiger partial charge on any atom is 0.338 e. The zero-order valence-electron chi connectivity index (χ0n) is 18.5. The molecule has 0 fully saturated rings. The number of aromatic hydroxyl groups is 1. The first-order valence-corrected chi connectivity index (χ1v) is 12.3. The van der Waals surface area contributed by atoms with Crippen molar-refractivity contribution in [3.8, 4) is 11.5 Å². The Morgan fingerprint density at radius 3 is 2.68 bits per heavy atom. The Hall–Kier alpha value is -2.88. The van der Waals surface area contributed by atoms with Crippen molar-refractivity contribution >= 4 is 50.9 Å². The molecule has 0 saturated carbocycles. The molecule has 1 N–H and O–H groups in total. The molecular formula is C24H20BrClN2O5S. The van der Waals surface area contributed by atoms with E-state index in [0.717, 1.165) is 0 Å². The molecule has 2 aromatic carbocycles. The van der Waals surface area contributed by atoms with E-state index in [1.807, 2.05) is 0 Å². The number of allylic oxidation sites excluding steroid dienone is 1. The summed E-state index contributed by atoms with van der Waals surface area (Å²) in [7, 11) is 1.45. The summed E-state index contributed by atoms with van der Waals surface area (Å²) in [6.45, 7) is 3.65. The third-order valence-electron chi connectivity index (χ3n) is 5.29. The smallest absolute Gasteiger partial charge is 0.338 e. The lowest BCUT2D eigenvalue weighted by atomic mass is 9.96. The first-order chi connectivity index (χ1) is 16.2. The second-order valence-corrected chi connectivity index (χ2v) is 9.70. The lowest BCUT2D eigenvalue weighted by molar-refractivity contribution is -0.139. The summed E-state index contributed by atoms with van der Waals surface area (Å²) in [4.78, 5) is 31.5. The number of carbonyl (C=O) groups excluding carboxylic acids is 1. The van der Waals surface area contributed by atoms with E-state index < -0.39 is 12.0 Å². The summed E-state index contributed by atoms with van der Waals surface area (Å²) >= 11 is 10.7. The van der Waals surface area contributed by atoms with Gasteiger partial charge < -0.3 is 14.6 Å². The van der Waals surface area contributed by atoms with Crippen LogP contribution in [0, 0.1) is 0 Å². The van der Waals surface area contributed by atoms with Gasteiger partial charge in [0.2, 0.25) is 0 Å². The fourth-order valence-electron chi connectivity index (χ4n) is 3.73. The van der Waals surface area contributed by atoms with Crippen LogP contribution in [-0.4, -0.2) is 29.4 Å². The van der Waals surface area contributed by atoms with Gasteiger partial charge in [0.25, 0.3) is 5.56 Å². The van der Waals surface area contributed by atoms with Gasteiger partial charge in [-0.3, -0.25) is 9.36 Å². The highest BCUT2D eigenvalue weighted by atomic mass is 79.9. The van der Waals surface area contributed by atoms with E-state index in [-0.39, 0.29) is 23.7 Å². The number of aromatic nitrogens is 1. The number of thiazole rings is 1. The van der Waals surface area contributed by atoms with Gasteiger partial charge in [0, 0.05) is 9.50 Å². The Balaban J connectivity index is 1.96. The van der Waals surface area contributed by atoms with Crippen molar-refractivity contribution in [3.63, 3.8) is 0 Å². The first kappa shape index (κ1) is 24.3. The quantitative estimate of drug-likeness (QED) is 0.475. The summed E-state index contributed by atoms with van der Waals surface area (Å²) in [6, 6.07) is 9.40. The fourth-order valence-corrected chi connectivity index (χ4v) is 5.34. The molecule has 10 heteroatoms. The summed E-state index contributed by atoms with van der Waals surface area (Å²) in [5, 5.41) is 10.5. The van der Waals surface area contributed by atoms with Crippen molar-refractivity contribution in [1.29, 1.82) is 0 Å². The van der Waals surface area contributed by atoms with Crippen molar-refractivity contribution in [3.05, 3.63) is 88.0 Å². The van der Waals surface area contributed by atoms with Crippen molar-refractivity contribution in [2.24, 2.45) is 4.99 Å². The van der Waals surface area contributed by atoms with Crippen LogP contribution in [-0.2, 0) is 9.53 Å². The van der Waals surface area contributed by atoms with E-state index in [9.17, 15) is 14.7 Å². The molecule has 2 heterocycles. The predicted octanol–water partition coefficient (Wildman–Crippen LogP) is 3.93. The summed E-state index contributed by atoms with van der Waals surface area (Å²) in [6.07, 6.45) is 1.69. The van der Waals surface area contributed by atoms with Crippen LogP contribution in [0.15, 0.2) is 61.9 Å². The molecule has 1 aromatic heterocycles. The number of fused-ring (bicyclic) bond motifs is 1. The van der Waals surface area contributed by atoms with Gasteiger partial charge in [-0.25, -0.2) is 9.79 Å². The monoisotopic (exact) mass is 562 g/mol. The van der Waals surface area contributed by atoms with E-state index >= 15 is 0 Å². The molecular weight excluding hydrogens is 544 g/mol.